The molecular formula is C23H33NO2Si. The number of β-amino-alcohol motifs (C(OH)–C–C–N with tert-alkyl or cyclic N) is 1. The minimum Gasteiger partial charge on any atom is -0.407 e. The summed E-state index contributed by atoms with van der Waals surface area (Å²) in [5.74, 6) is 0.315. The Bertz CT molecular complexity index is 686. The van der Waals surface area contributed by atoms with Crippen molar-refractivity contribution in [3.63, 3.8) is 0 Å². The van der Waals surface area contributed by atoms with Crippen LogP contribution in [0.25, 0.3) is 0 Å². The third kappa shape index (κ3) is 4.35. The number of hydrogen-bond acceptors (Lipinski definition) is 3. The zero-order valence-electron chi connectivity index (χ0n) is 17.0. The first kappa shape index (κ1) is 20.3. The van der Waals surface area contributed by atoms with Crippen LogP contribution in [0.4, 0.5) is 0 Å². The van der Waals surface area contributed by atoms with Gasteiger partial charge in [-0.25, -0.2) is 0 Å². The SMILES string of the molecule is CC1(O)CNCC(CO[Si](c2ccccc2)(c2ccccc2)C(C)(C)C)C1. The van der Waals surface area contributed by atoms with E-state index in [0.717, 1.165) is 13.0 Å². The van der Waals surface area contributed by atoms with Gasteiger partial charge >= 0.3 is 0 Å². The predicted octanol–water partition coefficient (Wildman–Crippen LogP) is 2.92. The summed E-state index contributed by atoms with van der Waals surface area (Å²) in [4.78, 5) is 0. The molecule has 0 spiro atoms. The maximum Gasteiger partial charge on any atom is 0.261 e. The maximum atomic E-state index is 10.5. The summed E-state index contributed by atoms with van der Waals surface area (Å²) in [6.45, 7) is 11.0. The molecule has 0 radical (unpaired) electrons. The van der Waals surface area contributed by atoms with Gasteiger partial charge in [0.2, 0.25) is 0 Å². The smallest absolute Gasteiger partial charge is 0.261 e. The van der Waals surface area contributed by atoms with E-state index in [1.165, 1.54) is 10.4 Å². The molecular weight excluding hydrogens is 350 g/mol. The molecule has 0 amide bonds. The molecule has 3 nitrogen and oxygen atoms in total. The molecule has 146 valence electrons. The molecule has 2 N–H and O–H groups in total. The van der Waals surface area contributed by atoms with E-state index in [0.29, 0.717) is 19.1 Å². The van der Waals surface area contributed by atoms with Crippen LogP contribution in [-0.4, -0.2) is 38.7 Å². The van der Waals surface area contributed by atoms with Crippen molar-refractivity contribution in [2.45, 2.75) is 44.8 Å². The molecule has 0 aromatic heterocycles. The Morgan fingerprint density at radius 3 is 2.00 bits per heavy atom. The number of rotatable bonds is 5. The van der Waals surface area contributed by atoms with Crippen molar-refractivity contribution >= 4 is 18.7 Å². The topological polar surface area (TPSA) is 41.5 Å². The standard InChI is InChI=1S/C23H33NO2Si/c1-22(2,3)27(20-11-7-5-8-12-20,21-13-9-6-10-14-21)26-17-19-15-23(4,25)18-24-16-19/h5-14,19,24-25H,15-18H2,1-4H3. The normalized spacial score (nSPS) is 24.0. The summed E-state index contributed by atoms with van der Waals surface area (Å²) in [7, 11) is -2.49. The lowest BCUT2D eigenvalue weighted by Crippen LogP contribution is -2.67. The first-order valence-corrected chi connectivity index (χ1v) is 11.8. The highest BCUT2D eigenvalue weighted by Crippen LogP contribution is 2.37. The van der Waals surface area contributed by atoms with Crippen molar-refractivity contribution in [3.8, 4) is 0 Å². The minimum atomic E-state index is -2.49. The van der Waals surface area contributed by atoms with Crippen molar-refractivity contribution < 1.29 is 9.53 Å². The lowest BCUT2D eigenvalue weighted by atomic mass is 9.89. The molecule has 0 bridgehead atoms. The molecule has 2 aromatic carbocycles. The van der Waals surface area contributed by atoms with Crippen LogP contribution >= 0.6 is 0 Å². The monoisotopic (exact) mass is 383 g/mol. The van der Waals surface area contributed by atoms with Crippen molar-refractivity contribution in [1.29, 1.82) is 0 Å². The lowest BCUT2D eigenvalue weighted by molar-refractivity contribution is 0.00391. The molecule has 1 saturated heterocycles. The van der Waals surface area contributed by atoms with E-state index in [2.05, 4.69) is 86.8 Å². The largest absolute Gasteiger partial charge is 0.407 e. The second kappa shape index (κ2) is 7.88. The molecule has 1 fully saturated rings. The Labute approximate surface area is 164 Å². The summed E-state index contributed by atoms with van der Waals surface area (Å²) in [5.41, 5.74) is -0.655. The predicted molar refractivity (Wildman–Crippen MR) is 115 cm³/mol. The maximum absolute atomic E-state index is 10.5. The van der Waals surface area contributed by atoms with Crippen molar-refractivity contribution in [3.05, 3.63) is 60.7 Å². The fourth-order valence-corrected chi connectivity index (χ4v) is 9.08. The number of benzene rings is 2. The van der Waals surface area contributed by atoms with Gasteiger partial charge in [0.15, 0.2) is 0 Å². The van der Waals surface area contributed by atoms with Gasteiger partial charge in [0.05, 0.1) is 5.60 Å². The average molecular weight is 384 g/mol. The van der Waals surface area contributed by atoms with Gasteiger partial charge in [-0.3, -0.25) is 0 Å². The number of hydrogen-bond donors (Lipinski definition) is 2. The minimum absolute atomic E-state index is 0.0136. The van der Waals surface area contributed by atoms with Crippen molar-refractivity contribution in [2.75, 3.05) is 19.7 Å². The second-order valence-corrected chi connectivity index (χ2v) is 13.5. The number of nitrogens with one attached hydrogen (secondary N) is 1. The van der Waals surface area contributed by atoms with Crippen LogP contribution in [0.5, 0.6) is 0 Å². The summed E-state index contributed by atoms with van der Waals surface area (Å²) in [6.07, 6.45) is 0.776. The second-order valence-electron chi connectivity index (χ2n) is 9.17. The van der Waals surface area contributed by atoms with Crippen LogP contribution in [0.3, 0.4) is 0 Å². The Morgan fingerprint density at radius 2 is 1.56 bits per heavy atom. The molecule has 0 aliphatic carbocycles. The van der Waals surface area contributed by atoms with Crippen LogP contribution < -0.4 is 15.7 Å². The fraction of sp³-hybridized carbons (Fsp3) is 0.478. The summed E-state index contributed by atoms with van der Waals surface area (Å²) >= 11 is 0. The highest BCUT2D eigenvalue weighted by Gasteiger charge is 2.50. The summed E-state index contributed by atoms with van der Waals surface area (Å²) < 4.78 is 6.99. The zero-order valence-corrected chi connectivity index (χ0v) is 18.0. The highest BCUT2D eigenvalue weighted by atomic mass is 28.4. The molecule has 1 aliphatic heterocycles. The van der Waals surface area contributed by atoms with Crippen molar-refractivity contribution in [1.82, 2.24) is 5.32 Å². The molecule has 1 aliphatic rings. The Hall–Kier alpha value is -1.46. The fourth-order valence-electron chi connectivity index (χ4n) is 4.43. The van der Waals surface area contributed by atoms with Crippen LogP contribution in [0.1, 0.15) is 34.1 Å². The van der Waals surface area contributed by atoms with E-state index in [1.807, 2.05) is 6.92 Å². The van der Waals surface area contributed by atoms with Gasteiger partial charge < -0.3 is 14.8 Å². The Balaban J connectivity index is 1.99. The zero-order chi connectivity index (χ0) is 19.5. The van der Waals surface area contributed by atoms with Gasteiger partial charge in [0.1, 0.15) is 0 Å². The van der Waals surface area contributed by atoms with E-state index >= 15 is 0 Å². The third-order valence-corrected chi connectivity index (χ3v) is 10.6. The molecule has 27 heavy (non-hydrogen) atoms. The Kier molecular flexibility index (Phi) is 5.92. The van der Waals surface area contributed by atoms with E-state index in [4.69, 9.17) is 4.43 Å². The average Bonchev–Trinajstić information content (AvgIpc) is 2.62. The first-order valence-electron chi connectivity index (χ1n) is 9.93. The van der Waals surface area contributed by atoms with Gasteiger partial charge in [-0.2, -0.15) is 0 Å². The van der Waals surface area contributed by atoms with Crippen LogP contribution in [0, 0.1) is 5.92 Å². The number of aliphatic hydroxyl groups is 1. The van der Waals surface area contributed by atoms with Crippen molar-refractivity contribution in [2.24, 2.45) is 5.92 Å². The van der Waals surface area contributed by atoms with E-state index in [9.17, 15) is 5.11 Å². The molecule has 4 heteroatoms. The van der Waals surface area contributed by atoms with Gasteiger partial charge in [0.25, 0.3) is 8.32 Å². The van der Waals surface area contributed by atoms with Gasteiger partial charge in [-0.15, -0.1) is 0 Å². The first-order chi connectivity index (χ1) is 12.7. The summed E-state index contributed by atoms with van der Waals surface area (Å²) in [5, 5.41) is 16.4. The van der Waals surface area contributed by atoms with E-state index in [1.54, 1.807) is 0 Å². The van der Waals surface area contributed by atoms with Gasteiger partial charge in [-0.05, 0) is 34.7 Å². The van der Waals surface area contributed by atoms with Crippen LogP contribution in [0.15, 0.2) is 60.7 Å². The lowest BCUT2D eigenvalue weighted by Gasteiger charge is -2.44. The molecule has 0 saturated carbocycles. The van der Waals surface area contributed by atoms with Gasteiger partial charge in [-0.1, -0.05) is 81.4 Å². The molecule has 2 atom stereocenters. The quantitative estimate of drug-likeness (QED) is 0.780. The molecule has 2 unspecified atom stereocenters. The van der Waals surface area contributed by atoms with Crippen LogP contribution in [0.2, 0.25) is 5.04 Å². The van der Waals surface area contributed by atoms with E-state index in [-0.39, 0.29) is 5.04 Å². The highest BCUT2D eigenvalue weighted by molar-refractivity contribution is 6.99. The molecule has 1 heterocycles. The summed E-state index contributed by atoms with van der Waals surface area (Å²) in [6, 6.07) is 21.5. The van der Waals surface area contributed by atoms with E-state index < -0.39 is 13.9 Å². The van der Waals surface area contributed by atoms with Gasteiger partial charge in [0, 0.05) is 19.7 Å². The third-order valence-electron chi connectivity index (χ3n) is 5.62. The van der Waals surface area contributed by atoms with Crippen LogP contribution in [-0.2, 0) is 4.43 Å². The molecule has 3 rings (SSSR count). The Morgan fingerprint density at radius 1 is 1.04 bits per heavy atom. The molecule has 2 aromatic rings. The number of piperidine rings is 1.